The molecule has 0 aliphatic carbocycles. The van der Waals surface area contributed by atoms with Gasteiger partial charge in [-0.25, -0.2) is 4.98 Å². The molecule has 0 saturated carbocycles. The van der Waals surface area contributed by atoms with E-state index < -0.39 is 0 Å². The Kier molecular flexibility index (Phi) is 3.91. The molecule has 2 aromatic rings. The number of aromatic nitrogens is 2. The summed E-state index contributed by atoms with van der Waals surface area (Å²) in [5, 5.41) is 0. The van der Waals surface area contributed by atoms with Crippen molar-refractivity contribution in [2.75, 3.05) is 26.2 Å². The van der Waals surface area contributed by atoms with Crippen LogP contribution in [0.2, 0.25) is 0 Å². The van der Waals surface area contributed by atoms with Gasteiger partial charge in [-0.15, -0.1) is 0 Å². The summed E-state index contributed by atoms with van der Waals surface area (Å²) in [5.41, 5.74) is 2.71. The summed E-state index contributed by atoms with van der Waals surface area (Å²) in [5.74, 6) is 0.118. The van der Waals surface area contributed by atoms with Crippen molar-refractivity contribution in [3.8, 4) is 0 Å². The van der Waals surface area contributed by atoms with Gasteiger partial charge >= 0.3 is 0 Å². The summed E-state index contributed by atoms with van der Waals surface area (Å²) in [4.78, 5) is 24.4. The molecule has 1 aliphatic rings. The fraction of sp³-hybridized carbons (Fsp3) is 0.529. The lowest BCUT2D eigenvalue weighted by Gasteiger charge is -2.34. The normalized spacial score (nSPS) is 17.7. The van der Waals surface area contributed by atoms with Crippen LogP contribution < -0.4 is 0 Å². The van der Waals surface area contributed by atoms with Crippen molar-refractivity contribution in [2.24, 2.45) is 0 Å². The predicted molar refractivity (Wildman–Crippen MR) is 87.9 cm³/mol. The number of imidazole rings is 1. The van der Waals surface area contributed by atoms with Gasteiger partial charge in [0.1, 0.15) is 0 Å². The van der Waals surface area contributed by atoms with Crippen LogP contribution in [0.1, 0.15) is 37.6 Å². The molecule has 1 aromatic carbocycles. The second-order valence-corrected chi connectivity index (χ2v) is 6.94. The molecule has 1 saturated heterocycles. The highest BCUT2D eigenvalue weighted by molar-refractivity contribution is 5.97. The molecule has 2 heterocycles. The molecule has 0 bridgehead atoms. The Bertz CT molecular complexity index is 671. The second kappa shape index (κ2) is 5.72. The quantitative estimate of drug-likeness (QED) is 0.880. The third-order valence-corrected chi connectivity index (χ3v) is 4.40. The van der Waals surface area contributed by atoms with Crippen LogP contribution in [-0.2, 0) is 0 Å². The smallest absolute Gasteiger partial charge is 0.253 e. The number of hydrogen-bond donors (Lipinski definition) is 1. The maximum absolute atomic E-state index is 12.7. The minimum absolute atomic E-state index is 0.118. The van der Waals surface area contributed by atoms with E-state index in [2.05, 4.69) is 35.6 Å². The van der Waals surface area contributed by atoms with Crippen molar-refractivity contribution in [2.45, 2.75) is 32.7 Å². The first-order valence-corrected chi connectivity index (χ1v) is 7.92. The Hall–Kier alpha value is -1.88. The van der Waals surface area contributed by atoms with E-state index in [1.165, 1.54) is 0 Å². The molecular weight excluding hydrogens is 276 g/mol. The van der Waals surface area contributed by atoms with Crippen LogP contribution in [-0.4, -0.2) is 57.4 Å². The average molecular weight is 300 g/mol. The van der Waals surface area contributed by atoms with E-state index in [0.29, 0.717) is 0 Å². The molecule has 5 heteroatoms. The summed E-state index contributed by atoms with van der Waals surface area (Å²) >= 11 is 0. The Morgan fingerprint density at radius 3 is 2.77 bits per heavy atom. The average Bonchev–Trinajstić information content (AvgIpc) is 2.78. The number of rotatable bonds is 1. The minimum Gasteiger partial charge on any atom is -0.345 e. The maximum Gasteiger partial charge on any atom is 0.253 e. The van der Waals surface area contributed by atoms with E-state index in [-0.39, 0.29) is 11.4 Å². The van der Waals surface area contributed by atoms with Crippen molar-refractivity contribution in [1.29, 1.82) is 0 Å². The molecule has 1 N–H and O–H groups in total. The molecule has 0 unspecified atom stereocenters. The third kappa shape index (κ3) is 2.99. The molecule has 0 spiro atoms. The van der Waals surface area contributed by atoms with E-state index in [4.69, 9.17) is 0 Å². The fourth-order valence-electron chi connectivity index (χ4n) is 3.04. The molecule has 118 valence electrons. The van der Waals surface area contributed by atoms with Gasteiger partial charge < -0.3 is 9.88 Å². The standard InChI is InChI=1S/C17H24N4O/c1-17(2,3)21-8-4-7-20(9-10-21)16(22)13-5-6-14-15(11-13)19-12-18-14/h5-6,11-12H,4,7-10H2,1-3H3,(H,18,19). The van der Waals surface area contributed by atoms with Crippen LogP contribution >= 0.6 is 0 Å². The van der Waals surface area contributed by atoms with Gasteiger partial charge in [-0.2, -0.15) is 0 Å². The van der Waals surface area contributed by atoms with Crippen LogP contribution in [0.25, 0.3) is 11.0 Å². The molecule has 1 aromatic heterocycles. The number of carbonyl (C=O) groups is 1. The molecule has 0 atom stereocenters. The predicted octanol–water partition coefficient (Wildman–Crippen LogP) is 2.51. The SMILES string of the molecule is CC(C)(C)N1CCCN(C(=O)c2ccc3nc[nH]c3c2)CC1. The van der Waals surface area contributed by atoms with E-state index in [1.807, 2.05) is 23.1 Å². The molecule has 1 amide bonds. The van der Waals surface area contributed by atoms with Gasteiger partial charge in [-0.1, -0.05) is 0 Å². The second-order valence-electron chi connectivity index (χ2n) is 6.94. The first-order valence-electron chi connectivity index (χ1n) is 7.92. The van der Waals surface area contributed by atoms with Crippen molar-refractivity contribution in [3.05, 3.63) is 30.1 Å². The van der Waals surface area contributed by atoms with Crippen molar-refractivity contribution in [1.82, 2.24) is 19.8 Å². The highest BCUT2D eigenvalue weighted by atomic mass is 16.2. The molecule has 1 fully saturated rings. The van der Waals surface area contributed by atoms with E-state index in [0.717, 1.165) is 49.2 Å². The van der Waals surface area contributed by atoms with E-state index in [1.54, 1.807) is 6.33 Å². The Labute approximate surface area is 131 Å². The Morgan fingerprint density at radius 2 is 2.00 bits per heavy atom. The van der Waals surface area contributed by atoms with Crippen LogP contribution in [0.15, 0.2) is 24.5 Å². The summed E-state index contributed by atoms with van der Waals surface area (Å²) in [6.45, 7) is 10.3. The third-order valence-electron chi connectivity index (χ3n) is 4.40. The monoisotopic (exact) mass is 300 g/mol. The first-order chi connectivity index (χ1) is 10.4. The largest absolute Gasteiger partial charge is 0.345 e. The molecule has 0 radical (unpaired) electrons. The lowest BCUT2D eigenvalue weighted by molar-refractivity contribution is 0.0749. The highest BCUT2D eigenvalue weighted by Crippen LogP contribution is 2.18. The molecule has 22 heavy (non-hydrogen) atoms. The molecule has 1 aliphatic heterocycles. The van der Waals surface area contributed by atoms with Gasteiger partial charge in [-0.05, 0) is 45.4 Å². The zero-order valence-corrected chi connectivity index (χ0v) is 13.6. The minimum atomic E-state index is 0.118. The van der Waals surface area contributed by atoms with Gasteiger partial charge in [0, 0.05) is 37.3 Å². The summed E-state index contributed by atoms with van der Waals surface area (Å²) in [6.07, 6.45) is 2.68. The van der Waals surface area contributed by atoms with E-state index in [9.17, 15) is 4.79 Å². The number of aromatic amines is 1. The van der Waals surface area contributed by atoms with Crippen molar-refractivity contribution in [3.63, 3.8) is 0 Å². The van der Waals surface area contributed by atoms with Crippen LogP contribution in [0, 0.1) is 0 Å². The number of nitrogens with one attached hydrogen (secondary N) is 1. The van der Waals surface area contributed by atoms with Crippen LogP contribution in [0.3, 0.4) is 0 Å². The number of amides is 1. The van der Waals surface area contributed by atoms with Gasteiger partial charge in [0.05, 0.1) is 17.4 Å². The fourth-order valence-corrected chi connectivity index (χ4v) is 3.04. The summed E-state index contributed by atoms with van der Waals surface area (Å²) < 4.78 is 0. The lowest BCUT2D eigenvalue weighted by Crippen LogP contribution is -2.44. The molecule has 3 rings (SSSR count). The number of nitrogens with zero attached hydrogens (tertiary/aromatic N) is 3. The maximum atomic E-state index is 12.7. The zero-order chi connectivity index (χ0) is 15.7. The number of hydrogen-bond acceptors (Lipinski definition) is 3. The number of H-pyrrole nitrogens is 1. The van der Waals surface area contributed by atoms with Gasteiger partial charge in [0.2, 0.25) is 0 Å². The number of benzene rings is 1. The van der Waals surface area contributed by atoms with Crippen molar-refractivity contribution >= 4 is 16.9 Å². The molecular formula is C17H24N4O. The highest BCUT2D eigenvalue weighted by Gasteiger charge is 2.26. The topological polar surface area (TPSA) is 52.2 Å². The Balaban J connectivity index is 1.74. The van der Waals surface area contributed by atoms with Gasteiger partial charge in [0.25, 0.3) is 5.91 Å². The first kappa shape index (κ1) is 15.0. The molecule has 5 nitrogen and oxygen atoms in total. The summed E-state index contributed by atoms with van der Waals surface area (Å²) in [7, 11) is 0. The van der Waals surface area contributed by atoms with Crippen LogP contribution in [0.5, 0.6) is 0 Å². The van der Waals surface area contributed by atoms with Gasteiger partial charge in [0.15, 0.2) is 0 Å². The number of fused-ring (bicyclic) bond motifs is 1. The number of carbonyl (C=O) groups excluding carboxylic acids is 1. The van der Waals surface area contributed by atoms with Crippen molar-refractivity contribution < 1.29 is 4.79 Å². The van der Waals surface area contributed by atoms with E-state index >= 15 is 0 Å². The lowest BCUT2D eigenvalue weighted by atomic mass is 10.1. The van der Waals surface area contributed by atoms with Gasteiger partial charge in [-0.3, -0.25) is 9.69 Å². The Morgan fingerprint density at radius 1 is 1.18 bits per heavy atom. The zero-order valence-electron chi connectivity index (χ0n) is 13.6. The summed E-state index contributed by atoms with van der Waals surface area (Å²) in [6, 6.07) is 5.67. The van der Waals surface area contributed by atoms with Crippen LogP contribution in [0.4, 0.5) is 0 Å².